The first kappa shape index (κ1) is 14.4. The first-order valence-electron chi connectivity index (χ1n) is 5.74. The second-order valence-electron chi connectivity index (χ2n) is 4.95. The average Bonchev–Trinajstić information content (AvgIpc) is 2.26. The van der Waals surface area contributed by atoms with Crippen molar-refractivity contribution in [1.29, 1.82) is 0 Å². The van der Waals surface area contributed by atoms with Gasteiger partial charge in [-0.1, -0.05) is 19.9 Å². The number of phenolic OH excluding ortho intramolecular Hbond substituents is 1. The van der Waals surface area contributed by atoms with E-state index in [0.29, 0.717) is 13.0 Å². The van der Waals surface area contributed by atoms with Gasteiger partial charge in [0, 0.05) is 13.2 Å². The van der Waals surface area contributed by atoms with E-state index < -0.39 is 11.7 Å². The Kier molecular flexibility index (Phi) is 4.67. The molecule has 0 spiro atoms. The second kappa shape index (κ2) is 5.82. The first-order chi connectivity index (χ1) is 8.37. The summed E-state index contributed by atoms with van der Waals surface area (Å²) in [5.41, 5.74) is -0.636. The van der Waals surface area contributed by atoms with Crippen LogP contribution in [-0.2, 0) is 0 Å². The van der Waals surface area contributed by atoms with E-state index in [9.17, 15) is 14.3 Å². The van der Waals surface area contributed by atoms with Crippen LogP contribution in [0.1, 0.15) is 30.6 Å². The quantitative estimate of drug-likeness (QED) is 0.749. The highest BCUT2D eigenvalue weighted by Gasteiger charge is 2.21. The smallest absolute Gasteiger partial charge is 0.258 e. The fraction of sp³-hybridized carbons (Fsp3) is 0.462. The molecule has 0 aliphatic carbocycles. The van der Waals surface area contributed by atoms with Crippen molar-refractivity contribution < 1.29 is 19.4 Å². The van der Waals surface area contributed by atoms with Crippen molar-refractivity contribution >= 4 is 5.91 Å². The zero-order chi connectivity index (χ0) is 13.8. The Balaban J connectivity index is 2.72. The van der Waals surface area contributed by atoms with Gasteiger partial charge in [-0.05, 0) is 24.0 Å². The minimum atomic E-state index is -0.757. The van der Waals surface area contributed by atoms with E-state index >= 15 is 0 Å². The van der Waals surface area contributed by atoms with Crippen LogP contribution >= 0.6 is 0 Å². The van der Waals surface area contributed by atoms with Gasteiger partial charge >= 0.3 is 0 Å². The molecule has 0 saturated carbocycles. The average molecular weight is 255 g/mol. The lowest BCUT2D eigenvalue weighted by Gasteiger charge is -2.23. The first-order valence-corrected chi connectivity index (χ1v) is 5.74. The molecule has 4 nitrogen and oxygen atoms in total. The van der Waals surface area contributed by atoms with Gasteiger partial charge in [0.05, 0.1) is 0 Å². The highest BCUT2D eigenvalue weighted by molar-refractivity contribution is 5.97. The van der Waals surface area contributed by atoms with Crippen LogP contribution in [0.25, 0.3) is 0 Å². The Morgan fingerprint density at radius 1 is 1.44 bits per heavy atom. The van der Waals surface area contributed by atoms with Gasteiger partial charge in [-0.15, -0.1) is 0 Å². The Hall–Kier alpha value is -1.62. The SMILES string of the molecule is CC(C)(CCO)CNC(=O)c1c(O)cccc1F. The number of rotatable bonds is 5. The summed E-state index contributed by atoms with van der Waals surface area (Å²) >= 11 is 0. The van der Waals surface area contributed by atoms with Crippen LogP contribution in [0.4, 0.5) is 4.39 Å². The summed E-state index contributed by atoms with van der Waals surface area (Å²) in [5.74, 6) is -1.79. The Morgan fingerprint density at radius 2 is 2.11 bits per heavy atom. The summed E-state index contributed by atoms with van der Waals surface area (Å²) in [6, 6.07) is 3.71. The molecule has 1 rings (SSSR count). The van der Waals surface area contributed by atoms with Crippen LogP contribution in [0.5, 0.6) is 5.75 Å². The molecule has 3 N–H and O–H groups in total. The molecule has 5 heteroatoms. The predicted molar refractivity (Wildman–Crippen MR) is 65.9 cm³/mol. The maximum Gasteiger partial charge on any atom is 0.258 e. The van der Waals surface area contributed by atoms with E-state index in [1.807, 2.05) is 13.8 Å². The summed E-state index contributed by atoms with van der Waals surface area (Å²) < 4.78 is 13.4. The molecule has 0 unspecified atom stereocenters. The molecule has 0 aromatic heterocycles. The summed E-state index contributed by atoms with van der Waals surface area (Å²) in [6.45, 7) is 4.07. The van der Waals surface area contributed by atoms with Crippen molar-refractivity contribution in [2.24, 2.45) is 5.41 Å². The third kappa shape index (κ3) is 3.70. The van der Waals surface area contributed by atoms with Gasteiger partial charge in [-0.3, -0.25) is 4.79 Å². The van der Waals surface area contributed by atoms with Gasteiger partial charge < -0.3 is 15.5 Å². The number of amides is 1. The Bertz CT molecular complexity index is 412. The molecule has 1 aromatic carbocycles. The van der Waals surface area contributed by atoms with Crippen molar-refractivity contribution in [3.63, 3.8) is 0 Å². The van der Waals surface area contributed by atoms with Crippen LogP contribution < -0.4 is 5.32 Å². The zero-order valence-corrected chi connectivity index (χ0v) is 10.5. The normalized spacial score (nSPS) is 11.3. The van der Waals surface area contributed by atoms with Gasteiger partial charge in [-0.2, -0.15) is 0 Å². The van der Waals surface area contributed by atoms with Crippen LogP contribution in [0.2, 0.25) is 0 Å². The number of carbonyl (C=O) groups excluding carboxylic acids is 1. The number of aliphatic hydroxyl groups excluding tert-OH is 1. The molecule has 0 bridgehead atoms. The van der Waals surface area contributed by atoms with E-state index in [2.05, 4.69) is 5.32 Å². The topological polar surface area (TPSA) is 69.6 Å². The number of benzene rings is 1. The van der Waals surface area contributed by atoms with Crippen molar-refractivity contribution in [2.75, 3.05) is 13.2 Å². The Labute approximate surface area is 105 Å². The largest absolute Gasteiger partial charge is 0.507 e. The van der Waals surface area contributed by atoms with Crippen LogP contribution in [0.15, 0.2) is 18.2 Å². The zero-order valence-electron chi connectivity index (χ0n) is 10.5. The number of aliphatic hydroxyl groups is 1. The number of hydrogen-bond acceptors (Lipinski definition) is 3. The third-order valence-corrected chi connectivity index (χ3v) is 2.73. The molecule has 0 fully saturated rings. The molecular formula is C13H18FNO3. The van der Waals surface area contributed by atoms with E-state index in [1.165, 1.54) is 12.1 Å². The van der Waals surface area contributed by atoms with E-state index in [0.717, 1.165) is 6.07 Å². The molecule has 0 radical (unpaired) electrons. The fourth-order valence-corrected chi connectivity index (χ4v) is 1.54. The Morgan fingerprint density at radius 3 is 2.67 bits per heavy atom. The number of phenols is 1. The summed E-state index contributed by atoms with van der Waals surface area (Å²) in [4.78, 5) is 11.8. The standard InChI is InChI=1S/C13H18FNO3/c1-13(2,6-7-16)8-15-12(18)11-9(14)4-3-5-10(11)17/h3-5,16-17H,6-8H2,1-2H3,(H,15,18). The summed E-state index contributed by atoms with van der Waals surface area (Å²) in [7, 11) is 0. The predicted octanol–water partition coefficient (Wildman–Crippen LogP) is 1.67. The number of nitrogens with one attached hydrogen (secondary N) is 1. The minimum absolute atomic E-state index is 0.0216. The van der Waals surface area contributed by atoms with Gasteiger partial charge in [0.25, 0.3) is 5.91 Å². The highest BCUT2D eigenvalue weighted by atomic mass is 19.1. The van der Waals surface area contributed by atoms with Crippen molar-refractivity contribution in [3.8, 4) is 5.75 Å². The van der Waals surface area contributed by atoms with Gasteiger partial charge in [0.15, 0.2) is 0 Å². The molecule has 0 heterocycles. The molecule has 18 heavy (non-hydrogen) atoms. The van der Waals surface area contributed by atoms with E-state index in [-0.39, 0.29) is 23.3 Å². The van der Waals surface area contributed by atoms with Crippen molar-refractivity contribution in [1.82, 2.24) is 5.32 Å². The highest BCUT2D eigenvalue weighted by Crippen LogP contribution is 2.21. The molecule has 0 aliphatic rings. The van der Waals surface area contributed by atoms with Gasteiger partial charge in [0.1, 0.15) is 17.1 Å². The monoisotopic (exact) mass is 255 g/mol. The van der Waals surface area contributed by atoms with Gasteiger partial charge in [0.2, 0.25) is 0 Å². The number of carbonyl (C=O) groups is 1. The molecule has 0 aliphatic heterocycles. The van der Waals surface area contributed by atoms with Crippen molar-refractivity contribution in [3.05, 3.63) is 29.6 Å². The maximum absolute atomic E-state index is 13.4. The molecule has 0 atom stereocenters. The number of hydrogen-bond donors (Lipinski definition) is 3. The molecular weight excluding hydrogens is 237 g/mol. The molecule has 1 aromatic rings. The van der Waals surface area contributed by atoms with E-state index in [4.69, 9.17) is 5.11 Å². The summed E-state index contributed by atoms with van der Waals surface area (Å²) in [6.07, 6.45) is 0.524. The lowest BCUT2D eigenvalue weighted by atomic mass is 9.89. The van der Waals surface area contributed by atoms with Crippen molar-refractivity contribution in [2.45, 2.75) is 20.3 Å². The molecule has 0 saturated heterocycles. The minimum Gasteiger partial charge on any atom is -0.507 e. The van der Waals surface area contributed by atoms with Gasteiger partial charge in [-0.25, -0.2) is 4.39 Å². The second-order valence-corrected chi connectivity index (χ2v) is 4.95. The number of aromatic hydroxyl groups is 1. The van der Waals surface area contributed by atoms with Crippen LogP contribution in [0, 0.1) is 11.2 Å². The lowest BCUT2D eigenvalue weighted by Crippen LogP contribution is -2.35. The van der Waals surface area contributed by atoms with Crippen LogP contribution in [0.3, 0.4) is 0 Å². The van der Waals surface area contributed by atoms with Crippen LogP contribution in [-0.4, -0.2) is 29.3 Å². The summed E-state index contributed by atoms with van der Waals surface area (Å²) in [5, 5.41) is 20.9. The maximum atomic E-state index is 13.4. The molecule has 1 amide bonds. The van der Waals surface area contributed by atoms with E-state index in [1.54, 1.807) is 0 Å². The third-order valence-electron chi connectivity index (χ3n) is 2.73. The lowest BCUT2D eigenvalue weighted by molar-refractivity contribution is 0.0921. The number of halogens is 1. The molecule has 100 valence electrons. The fourth-order valence-electron chi connectivity index (χ4n) is 1.54.